The quantitative estimate of drug-likeness (QED) is 0.795. The molecule has 2 aromatic rings. The molecular formula is C15H23N3O. The van der Waals surface area contributed by atoms with E-state index < -0.39 is 6.10 Å². The van der Waals surface area contributed by atoms with Gasteiger partial charge in [0.1, 0.15) is 5.82 Å². The summed E-state index contributed by atoms with van der Waals surface area (Å²) in [5.41, 5.74) is 3.32. The second-order valence-electron chi connectivity index (χ2n) is 6.11. The van der Waals surface area contributed by atoms with Crippen LogP contribution in [-0.2, 0) is 5.41 Å². The first kappa shape index (κ1) is 14.0. The van der Waals surface area contributed by atoms with Crippen LogP contribution in [0, 0.1) is 0 Å². The molecule has 0 fully saturated rings. The van der Waals surface area contributed by atoms with E-state index in [2.05, 4.69) is 54.3 Å². The zero-order chi connectivity index (χ0) is 14.2. The number of likely N-dealkylation sites (N-methyl/N-ethyl adjacent to an activating group) is 1. The van der Waals surface area contributed by atoms with E-state index in [1.54, 1.807) is 6.92 Å². The molecule has 0 aliphatic heterocycles. The second kappa shape index (κ2) is 4.94. The maximum atomic E-state index is 9.75. The lowest BCUT2D eigenvalue weighted by Crippen LogP contribution is -2.28. The highest BCUT2D eigenvalue weighted by Crippen LogP contribution is 2.26. The smallest absolute Gasteiger partial charge is 0.127 e. The average molecular weight is 261 g/mol. The molecular weight excluding hydrogens is 238 g/mol. The monoisotopic (exact) mass is 261 g/mol. The third-order valence-corrected chi connectivity index (χ3v) is 3.46. The molecule has 4 nitrogen and oxygen atoms in total. The number of nitrogens with zero attached hydrogens (tertiary/aromatic N) is 1. The molecule has 0 spiro atoms. The highest BCUT2D eigenvalue weighted by molar-refractivity contribution is 5.76. The Morgan fingerprint density at radius 3 is 2.53 bits per heavy atom. The van der Waals surface area contributed by atoms with E-state index in [-0.39, 0.29) is 11.5 Å². The van der Waals surface area contributed by atoms with Crippen molar-refractivity contribution < 1.29 is 5.11 Å². The van der Waals surface area contributed by atoms with E-state index in [0.717, 1.165) is 16.9 Å². The minimum atomic E-state index is -0.493. The lowest BCUT2D eigenvalue weighted by atomic mass is 9.87. The fraction of sp³-hybridized carbons (Fsp3) is 0.533. The van der Waals surface area contributed by atoms with Gasteiger partial charge in [-0.05, 0) is 37.1 Å². The first-order valence-electron chi connectivity index (χ1n) is 6.68. The second-order valence-corrected chi connectivity index (χ2v) is 6.11. The lowest BCUT2D eigenvalue weighted by Gasteiger charge is -2.18. The Balaban J connectivity index is 2.46. The maximum absolute atomic E-state index is 9.75. The molecule has 1 heterocycles. The summed E-state index contributed by atoms with van der Waals surface area (Å²) in [6.45, 7) is 8.32. The van der Waals surface area contributed by atoms with E-state index in [0.29, 0.717) is 0 Å². The molecule has 1 aromatic heterocycles. The van der Waals surface area contributed by atoms with Gasteiger partial charge in [-0.3, -0.25) is 0 Å². The summed E-state index contributed by atoms with van der Waals surface area (Å²) in [5, 5.41) is 12.8. The van der Waals surface area contributed by atoms with Gasteiger partial charge in [0.15, 0.2) is 0 Å². The number of H-pyrrole nitrogens is 1. The third kappa shape index (κ3) is 2.80. The molecule has 19 heavy (non-hydrogen) atoms. The van der Waals surface area contributed by atoms with Crippen molar-refractivity contribution in [1.29, 1.82) is 0 Å². The minimum Gasteiger partial charge on any atom is -0.391 e. The molecule has 0 amide bonds. The Hall–Kier alpha value is -1.39. The van der Waals surface area contributed by atoms with Crippen molar-refractivity contribution in [2.75, 3.05) is 7.05 Å². The Labute approximate surface area is 114 Å². The van der Waals surface area contributed by atoms with Gasteiger partial charge in [-0.25, -0.2) is 4.98 Å². The summed E-state index contributed by atoms with van der Waals surface area (Å²) in [5.74, 6) is 0.776. The molecule has 0 saturated heterocycles. The molecule has 2 rings (SSSR count). The van der Waals surface area contributed by atoms with Crippen molar-refractivity contribution in [3.8, 4) is 0 Å². The van der Waals surface area contributed by atoms with Crippen LogP contribution in [-0.4, -0.2) is 28.2 Å². The summed E-state index contributed by atoms with van der Waals surface area (Å²) in [6.07, 6.45) is -0.493. The zero-order valence-electron chi connectivity index (χ0n) is 12.3. The SMILES string of the molecule is CN[C@H](c1nc2cc(C(C)(C)C)ccc2[nH]1)[C@@H](C)O. The molecule has 0 bridgehead atoms. The van der Waals surface area contributed by atoms with Gasteiger partial charge in [0.2, 0.25) is 0 Å². The molecule has 0 radical (unpaired) electrons. The standard InChI is InChI=1S/C15H23N3O/c1-9(19)13(16-5)14-17-11-7-6-10(15(2,3)4)8-12(11)18-14/h6-9,13,16,19H,1-5H3,(H,17,18)/t9-,13+/m1/s1. The highest BCUT2D eigenvalue weighted by atomic mass is 16.3. The first-order valence-corrected chi connectivity index (χ1v) is 6.68. The van der Waals surface area contributed by atoms with Crippen molar-refractivity contribution in [3.05, 3.63) is 29.6 Å². The van der Waals surface area contributed by atoms with E-state index >= 15 is 0 Å². The summed E-state index contributed by atoms with van der Waals surface area (Å²) < 4.78 is 0. The van der Waals surface area contributed by atoms with Gasteiger partial charge in [-0.15, -0.1) is 0 Å². The van der Waals surface area contributed by atoms with Crippen LogP contribution in [0.3, 0.4) is 0 Å². The third-order valence-electron chi connectivity index (χ3n) is 3.46. The summed E-state index contributed by atoms with van der Waals surface area (Å²) >= 11 is 0. The van der Waals surface area contributed by atoms with Crippen LogP contribution in [0.2, 0.25) is 0 Å². The van der Waals surface area contributed by atoms with Crippen LogP contribution >= 0.6 is 0 Å². The number of aliphatic hydroxyl groups excluding tert-OH is 1. The first-order chi connectivity index (χ1) is 8.82. The van der Waals surface area contributed by atoms with Crippen LogP contribution < -0.4 is 5.32 Å². The van der Waals surface area contributed by atoms with Crippen molar-refractivity contribution in [2.45, 2.75) is 45.3 Å². The van der Waals surface area contributed by atoms with Crippen molar-refractivity contribution in [1.82, 2.24) is 15.3 Å². The Morgan fingerprint density at radius 1 is 1.32 bits per heavy atom. The summed E-state index contributed by atoms with van der Waals surface area (Å²) in [6, 6.07) is 6.12. The van der Waals surface area contributed by atoms with E-state index in [1.807, 2.05) is 7.05 Å². The number of aromatic nitrogens is 2. The molecule has 1 aromatic carbocycles. The van der Waals surface area contributed by atoms with E-state index in [9.17, 15) is 5.11 Å². The number of aromatic amines is 1. The van der Waals surface area contributed by atoms with Crippen LogP contribution in [0.5, 0.6) is 0 Å². The normalized spacial score (nSPS) is 15.7. The van der Waals surface area contributed by atoms with Crippen molar-refractivity contribution in [3.63, 3.8) is 0 Å². The van der Waals surface area contributed by atoms with Gasteiger partial charge in [0, 0.05) is 0 Å². The van der Waals surface area contributed by atoms with Gasteiger partial charge < -0.3 is 15.4 Å². The van der Waals surface area contributed by atoms with Crippen LogP contribution in [0.15, 0.2) is 18.2 Å². The number of imidazole rings is 1. The number of hydrogen-bond acceptors (Lipinski definition) is 3. The lowest BCUT2D eigenvalue weighted by molar-refractivity contribution is 0.146. The van der Waals surface area contributed by atoms with Crippen LogP contribution in [0.4, 0.5) is 0 Å². The molecule has 104 valence electrons. The maximum Gasteiger partial charge on any atom is 0.127 e. The number of fused-ring (bicyclic) bond motifs is 1. The molecule has 0 saturated carbocycles. The van der Waals surface area contributed by atoms with Gasteiger partial charge in [-0.1, -0.05) is 26.8 Å². The van der Waals surface area contributed by atoms with Gasteiger partial charge in [-0.2, -0.15) is 0 Å². The number of rotatable bonds is 3. The van der Waals surface area contributed by atoms with Crippen molar-refractivity contribution in [2.24, 2.45) is 0 Å². The van der Waals surface area contributed by atoms with Gasteiger partial charge in [0.05, 0.1) is 23.2 Å². The fourth-order valence-corrected chi connectivity index (χ4v) is 2.25. The predicted octanol–water partition coefficient (Wildman–Crippen LogP) is 2.50. The molecule has 0 aliphatic rings. The molecule has 0 aliphatic carbocycles. The topological polar surface area (TPSA) is 60.9 Å². The predicted molar refractivity (Wildman–Crippen MR) is 78.3 cm³/mol. The summed E-state index contributed by atoms with van der Waals surface area (Å²) in [4.78, 5) is 7.87. The minimum absolute atomic E-state index is 0.111. The number of aliphatic hydroxyl groups is 1. The van der Waals surface area contributed by atoms with Gasteiger partial charge in [0.25, 0.3) is 0 Å². The van der Waals surface area contributed by atoms with Crippen molar-refractivity contribution >= 4 is 11.0 Å². The Morgan fingerprint density at radius 2 is 2.00 bits per heavy atom. The Kier molecular flexibility index (Phi) is 3.65. The fourth-order valence-electron chi connectivity index (χ4n) is 2.25. The van der Waals surface area contributed by atoms with Gasteiger partial charge >= 0.3 is 0 Å². The Bertz CT molecular complexity index is 566. The van der Waals surface area contributed by atoms with E-state index in [4.69, 9.17) is 0 Å². The molecule has 3 N–H and O–H groups in total. The highest BCUT2D eigenvalue weighted by Gasteiger charge is 2.20. The van der Waals surface area contributed by atoms with Crippen LogP contribution in [0.25, 0.3) is 11.0 Å². The summed E-state index contributed by atoms with van der Waals surface area (Å²) in [7, 11) is 1.82. The number of hydrogen-bond donors (Lipinski definition) is 3. The van der Waals surface area contributed by atoms with Crippen LogP contribution in [0.1, 0.15) is 45.1 Å². The molecule has 2 atom stereocenters. The number of nitrogens with one attached hydrogen (secondary N) is 2. The molecule has 0 unspecified atom stereocenters. The largest absolute Gasteiger partial charge is 0.391 e. The zero-order valence-corrected chi connectivity index (χ0v) is 12.3. The molecule has 4 heteroatoms. The van der Waals surface area contributed by atoms with E-state index in [1.165, 1.54) is 5.56 Å². The number of benzene rings is 1. The average Bonchev–Trinajstić information content (AvgIpc) is 2.70.